The highest BCUT2D eigenvalue weighted by molar-refractivity contribution is 5.46. The van der Waals surface area contributed by atoms with Crippen LogP contribution in [0.3, 0.4) is 0 Å². The Bertz CT molecular complexity index is 116. The summed E-state index contributed by atoms with van der Waals surface area (Å²) in [5.74, 6) is 0. The second-order valence-corrected chi connectivity index (χ2v) is 2.74. The van der Waals surface area contributed by atoms with E-state index < -0.39 is 0 Å². The summed E-state index contributed by atoms with van der Waals surface area (Å²) in [5, 5.41) is 11.9. The molecular weight excluding hydrogens is 130 g/mol. The third kappa shape index (κ3) is 1.70. The van der Waals surface area contributed by atoms with E-state index in [9.17, 15) is 9.90 Å². The predicted octanol–water partition coefficient (Wildman–Crippen LogP) is 0.0359. The number of aliphatic hydroxyl groups excluding tert-OH is 1. The fraction of sp³-hybridized carbons (Fsp3) is 0.857. The lowest BCUT2D eigenvalue weighted by Crippen LogP contribution is -2.41. The lowest BCUT2D eigenvalue weighted by molar-refractivity contribution is -0.111. The summed E-state index contributed by atoms with van der Waals surface area (Å²) in [6, 6.07) is 0.00579. The van der Waals surface area contributed by atoms with E-state index in [2.05, 4.69) is 5.32 Å². The first-order valence-electron chi connectivity index (χ1n) is 3.72. The van der Waals surface area contributed by atoms with Gasteiger partial charge in [-0.2, -0.15) is 0 Å². The Kier molecular flexibility index (Phi) is 2.68. The molecule has 0 aromatic rings. The molecule has 3 heteroatoms. The molecular formula is C7H13NO2. The molecule has 10 heavy (non-hydrogen) atoms. The quantitative estimate of drug-likeness (QED) is 0.536. The minimum absolute atomic E-state index is 0.00579. The maximum atomic E-state index is 10.00. The Hall–Kier alpha value is -0.570. The van der Waals surface area contributed by atoms with E-state index in [1.807, 2.05) is 0 Å². The highest BCUT2D eigenvalue weighted by atomic mass is 16.3. The van der Waals surface area contributed by atoms with Gasteiger partial charge in [0.2, 0.25) is 6.41 Å². The van der Waals surface area contributed by atoms with Crippen LogP contribution in [-0.2, 0) is 4.79 Å². The van der Waals surface area contributed by atoms with Crippen LogP contribution in [0.25, 0.3) is 0 Å². The van der Waals surface area contributed by atoms with Crippen LogP contribution in [0.4, 0.5) is 0 Å². The number of hydrogen-bond acceptors (Lipinski definition) is 2. The molecule has 2 atom stereocenters. The minimum atomic E-state index is -0.320. The highest BCUT2D eigenvalue weighted by Gasteiger charge is 2.21. The second-order valence-electron chi connectivity index (χ2n) is 2.74. The summed E-state index contributed by atoms with van der Waals surface area (Å²) in [7, 11) is 0. The number of carbonyl (C=O) groups is 1. The van der Waals surface area contributed by atoms with Crippen molar-refractivity contribution in [2.45, 2.75) is 37.8 Å². The molecule has 1 aliphatic rings. The Morgan fingerprint density at radius 1 is 1.40 bits per heavy atom. The predicted molar refractivity (Wildman–Crippen MR) is 37.5 cm³/mol. The molecule has 0 radical (unpaired) electrons. The molecule has 2 N–H and O–H groups in total. The molecule has 3 nitrogen and oxygen atoms in total. The first kappa shape index (κ1) is 7.54. The van der Waals surface area contributed by atoms with Crippen LogP contribution >= 0.6 is 0 Å². The maximum Gasteiger partial charge on any atom is 0.207 e. The van der Waals surface area contributed by atoms with Crippen molar-refractivity contribution in [2.75, 3.05) is 0 Å². The molecule has 1 amide bonds. The third-order valence-electron chi connectivity index (χ3n) is 2.01. The molecule has 0 heterocycles. The zero-order chi connectivity index (χ0) is 7.40. The molecule has 0 aromatic carbocycles. The van der Waals surface area contributed by atoms with E-state index in [1.54, 1.807) is 0 Å². The van der Waals surface area contributed by atoms with Crippen molar-refractivity contribution in [2.24, 2.45) is 0 Å². The number of carbonyl (C=O) groups excluding carboxylic acids is 1. The van der Waals surface area contributed by atoms with Crippen molar-refractivity contribution in [3.63, 3.8) is 0 Å². The largest absolute Gasteiger partial charge is 0.391 e. The number of aliphatic hydroxyl groups is 1. The zero-order valence-electron chi connectivity index (χ0n) is 5.92. The maximum absolute atomic E-state index is 10.00. The Balaban J connectivity index is 2.32. The van der Waals surface area contributed by atoms with Gasteiger partial charge in [0.15, 0.2) is 0 Å². The van der Waals surface area contributed by atoms with E-state index in [0.717, 1.165) is 25.7 Å². The Morgan fingerprint density at radius 2 is 2.10 bits per heavy atom. The van der Waals surface area contributed by atoms with Gasteiger partial charge in [0.25, 0.3) is 0 Å². The Morgan fingerprint density at radius 3 is 2.70 bits per heavy atom. The zero-order valence-corrected chi connectivity index (χ0v) is 5.92. The highest BCUT2D eigenvalue weighted by Crippen LogP contribution is 2.17. The standard InChI is InChI=1S/C7H13NO2/c9-5-8-6-3-1-2-4-7(6)10/h5-7,10H,1-4H2,(H,8,9)/t6-,7-/m0/s1. The van der Waals surface area contributed by atoms with Crippen LogP contribution in [0.5, 0.6) is 0 Å². The fourth-order valence-corrected chi connectivity index (χ4v) is 1.39. The van der Waals surface area contributed by atoms with Crippen LogP contribution < -0.4 is 5.32 Å². The van der Waals surface area contributed by atoms with E-state index in [1.165, 1.54) is 0 Å². The van der Waals surface area contributed by atoms with Crippen molar-refractivity contribution < 1.29 is 9.90 Å². The summed E-state index contributed by atoms with van der Waals surface area (Å²) in [6.45, 7) is 0. The smallest absolute Gasteiger partial charge is 0.207 e. The van der Waals surface area contributed by atoms with Crippen molar-refractivity contribution in [3.8, 4) is 0 Å². The third-order valence-corrected chi connectivity index (χ3v) is 2.01. The summed E-state index contributed by atoms with van der Waals surface area (Å²) in [6.07, 6.45) is 4.28. The van der Waals surface area contributed by atoms with Gasteiger partial charge >= 0.3 is 0 Å². The molecule has 0 aromatic heterocycles. The van der Waals surface area contributed by atoms with Gasteiger partial charge in [-0.15, -0.1) is 0 Å². The lowest BCUT2D eigenvalue weighted by Gasteiger charge is -2.26. The summed E-state index contributed by atoms with van der Waals surface area (Å²) in [5.41, 5.74) is 0. The van der Waals surface area contributed by atoms with Gasteiger partial charge in [-0.05, 0) is 12.8 Å². The lowest BCUT2D eigenvalue weighted by atomic mass is 9.93. The molecule has 1 saturated carbocycles. The average Bonchev–Trinajstić information content (AvgIpc) is 1.94. The molecule has 0 spiro atoms. The summed E-state index contributed by atoms with van der Waals surface area (Å²) in [4.78, 5) is 10.00. The minimum Gasteiger partial charge on any atom is -0.391 e. The monoisotopic (exact) mass is 143 g/mol. The van der Waals surface area contributed by atoms with Crippen molar-refractivity contribution in [1.29, 1.82) is 0 Å². The molecule has 1 fully saturated rings. The first-order valence-corrected chi connectivity index (χ1v) is 3.72. The van der Waals surface area contributed by atoms with E-state index in [4.69, 9.17) is 0 Å². The van der Waals surface area contributed by atoms with Crippen LogP contribution in [-0.4, -0.2) is 23.7 Å². The fourth-order valence-electron chi connectivity index (χ4n) is 1.39. The molecule has 58 valence electrons. The van der Waals surface area contributed by atoms with Gasteiger partial charge in [-0.3, -0.25) is 4.79 Å². The van der Waals surface area contributed by atoms with Gasteiger partial charge < -0.3 is 10.4 Å². The first-order chi connectivity index (χ1) is 4.84. The average molecular weight is 143 g/mol. The SMILES string of the molecule is O=CN[C@H]1CCCC[C@@H]1O. The molecule has 0 bridgehead atoms. The molecule has 0 unspecified atom stereocenters. The summed E-state index contributed by atoms with van der Waals surface area (Å²) >= 11 is 0. The van der Waals surface area contributed by atoms with Gasteiger partial charge in [-0.1, -0.05) is 12.8 Å². The van der Waals surface area contributed by atoms with Crippen LogP contribution in [0.1, 0.15) is 25.7 Å². The summed E-state index contributed by atoms with van der Waals surface area (Å²) < 4.78 is 0. The van der Waals surface area contributed by atoms with E-state index in [-0.39, 0.29) is 12.1 Å². The van der Waals surface area contributed by atoms with Crippen LogP contribution in [0, 0.1) is 0 Å². The molecule has 1 aliphatic carbocycles. The second kappa shape index (κ2) is 3.56. The number of hydrogen-bond donors (Lipinski definition) is 2. The van der Waals surface area contributed by atoms with Gasteiger partial charge in [0.05, 0.1) is 12.1 Å². The molecule has 0 saturated heterocycles. The van der Waals surface area contributed by atoms with Gasteiger partial charge in [0.1, 0.15) is 0 Å². The van der Waals surface area contributed by atoms with Crippen LogP contribution in [0.2, 0.25) is 0 Å². The topological polar surface area (TPSA) is 49.3 Å². The Labute approximate surface area is 60.4 Å². The van der Waals surface area contributed by atoms with Crippen LogP contribution in [0.15, 0.2) is 0 Å². The van der Waals surface area contributed by atoms with E-state index >= 15 is 0 Å². The van der Waals surface area contributed by atoms with E-state index in [0.29, 0.717) is 6.41 Å². The van der Waals surface area contributed by atoms with Crippen molar-refractivity contribution >= 4 is 6.41 Å². The number of nitrogens with one attached hydrogen (secondary N) is 1. The normalized spacial score (nSPS) is 33.3. The van der Waals surface area contributed by atoms with Crippen molar-refractivity contribution in [3.05, 3.63) is 0 Å². The van der Waals surface area contributed by atoms with Gasteiger partial charge in [0, 0.05) is 0 Å². The van der Waals surface area contributed by atoms with Gasteiger partial charge in [-0.25, -0.2) is 0 Å². The number of amides is 1. The molecule has 1 rings (SSSR count). The number of rotatable bonds is 2. The molecule has 0 aliphatic heterocycles. The van der Waals surface area contributed by atoms with Crippen molar-refractivity contribution in [1.82, 2.24) is 5.32 Å².